The summed E-state index contributed by atoms with van der Waals surface area (Å²) in [6.07, 6.45) is 3.92. The summed E-state index contributed by atoms with van der Waals surface area (Å²) in [5, 5.41) is 6.72. The number of nitrogens with zero attached hydrogens (tertiary/aromatic N) is 1. The predicted molar refractivity (Wildman–Crippen MR) is 118 cm³/mol. The number of ether oxygens (including phenoxy) is 3. The second kappa shape index (κ2) is 9.39. The van der Waals surface area contributed by atoms with Gasteiger partial charge in [0, 0.05) is 4.88 Å². The molecule has 1 aromatic carbocycles. The number of carbonyl (C=O) groups excluding carboxylic acids is 3. The number of amides is 2. The molecule has 168 valence electrons. The Balaban J connectivity index is 1.43. The Labute approximate surface area is 188 Å². The molecule has 0 saturated carbocycles. The molecular weight excluding hydrogens is 434 g/mol. The molecule has 0 fully saturated rings. The van der Waals surface area contributed by atoms with E-state index in [0.29, 0.717) is 33.5 Å². The first-order valence-electron chi connectivity index (χ1n) is 10.3. The molecule has 10 heteroatoms. The van der Waals surface area contributed by atoms with E-state index in [-0.39, 0.29) is 13.4 Å². The smallest absolute Gasteiger partial charge is 0.341 e. The van der Waals surface area contributed by atoms with Crippen molar-refractivity contribution in [3.05, 3.63) is 39.8 Å². The topological polar surface area (TPSA) is 115 Å². The molecule has 2 heterocycles. The lowest BCUT2D eigenvalue weighted by Crippen LogP contribution is -2.32. The van der Waals surface area contributed by atoms with Gasteiger partial charge in [-0.2, -0.15) is 5.10 Å². The molecule has 2 aromatic rings. The molecule has 9 nitrogen and oxygen atoms in total. The molecule has 0 spiro atoms. The van der Waals surface area contributed by atoms with Crippen LogP contribution in [0.2, 0.25) is 0 Å². The summed E-state index contributed by atoms with van der Waals surface area (Å²) < 4.78 is 15.7. The summed E-state index contributed by atoms with van der Waals surface area (Å²) in [4.78, 5) is 38.2. The van der Waals surface area contributed by atoms with Crippen LogP contribution in [-0.4, -0.2) is 37.4 Å². The molecule has 0 bridgehead atoms. The van der Waals surface area contributed by atoms with Gasteiger partial charge in [0.1, 0.15) is 5.00 Å². The van der Waals surface area contributed by atoms with E-state index in [2.05, 4.69) is 22.8 Å². The van der Waals surface area contributed by atoms with Gasteiger partial charge >= 0.3 is 17.8 Å². The van der Waals surface area contributed by atoms with Crippen molar-refractivity contribution in [1.82, 2.24) is 5.43 Å². The number of benzene rings is 1. The minimum absolute atomic E-state index is 0.158. The molecule has 2 aliphatic rings. The quantitative estimate of drug-likeness (QED) is 0.309. The molecule has 1 aromatic heterocycles. The number of carbonyl (C=O) groups is 3. The minimum Gasteiger partial charge on any atom is -0.462 e. The molecule has 4 rings (SSSR count). The van der Waals surface area contributed by atoms with Gasteiger partial charge in [0.15, 0.2) is 11.5 Å². The van der Waals surface area contributed by atoms with Crippen LogP contribution < -0.4 is 20.2 Å². The molecule has 2 amide bonds. The van der Waals surface area contributed by atoms with Crippen molar-refractivity contribution in [2.75, 3.05) is 18.7 Å². The fourth-order valence-electron chi connectivity index (χ4n) is 3.63. The number of anilines is 1. The van der Waals surface area contributed by atoms with E-state index in [9.17, 15) is 14.4 Å². The van der Waals surface area contributed by atoms with Crippen molar-refractivity contribution in [2.24, 2.45) is 11.0 Å². The Morgan fingerprint density at radius 1 is 1.25 bits per heavy atom. The van der Waals surface area contributed by atoms with Crippen molar-refractivity contribution in [1.29, 1.82) is 0 Å². The fourth-order valence-corrected chi connectivity index (χ4v) is 5.02. The van der Waals surface area contributed by atoms with Crippen LogP contribution in [0.3, 0.4) is 0 Å². The number of rotatable bonds is 5. The average molecular weight is 458 g/mol. The number of hydrogen-bond acceptors (Lipinski definition) is 8. The largest absolute Gasteiger partial charge is 0.462 e. The third-order valence-electron chi connectivity index (χ3n) is 5.20. The van der Waals surface area contributed by atoms with Crippen molar-refractivity contribution < 1.29 is 28.6 Å². The Bertz CT molecular complexity index is 1090. The lowest BCUT2D eigenvalue weighted by molar-refractivity contribution is -0.136. The monoisotopic (exact) mass is 457 g/mol. The van der Waals surface area contributed by atoms with Gasteiger partial charge in [0.2, 0.25) is 6.79 Å². The molecule has 2 N–H and O–H groups in total. The standard InChI is InChI=1S/C22H23N3O6S/c1-3-29-22(28)18-14-6-4-12(2)8-17(14)32-21(18)24-19(26)20(27)25-23-10-13-5-7-15-16(9-13)31-11-30-15/h5,7,9-10,12H,3-4,6,8,11H2,1-2H3,(H,24,26)(H,25,27)/b23-10-/t12-/m0/s1. The summed E-state index contributed by atoms with van der Waals surface area (Å²) in [6.45, 7) is 4.26. The number of hydrazone groups is 1. The molecule has 0 radical (unpaired) electrons. The summed E-state index contributed by atoms with van der Waals surface area (Å²) in [5.41, 5.74) is 4.12. The lowest BCUT2D eigenvalue weighted by atomic mass is 9.88. The maximum Gasteiger partial charge on any atom is 0.341 e. The molecule has 1 aliphatic heterocycles. The third kappa shape index (κ3) is 4.59. The van der Waals surface area contributed by atoms with E-state index >= 15 is 0 Å². The number of fused-ring (bicyclic) bond motifs is 2. The maximum absolute atomic E-state index is 12.5. The van der Waals surface area contributed by atoms with Gasteiger partial charge in [0.05, 0.1) is 18.4 Å². The van der Waals surface area contributed by atoms with Gasteiger partial charge in [0.25, 0.3) is 0 Å². The summed E-state index contributed by atoms with van der Waals surface area (Å²) >= 11 is 1.32. The van der Waals surface area contributed by atoms with Crippen LogP contribution in [-0.2, 0) is 27.2 Å². The van der Waals surface area contributed by atoms with E-state index in [0.717, 1.165) is 29.7 Å². The summed E-state index contributed by atoms with van der Waals surface area (Å²) in [7, 11) is 0. The van der Waals surface area contributed by atoms with Gasteiger partial charge < -0.3 is 19.5 Å². The van der Waals surface area contributed by atoms with E-state index in [1.807, 2.05) is 0 Å². The molecule has 0 saturated heterocycles. The maximum atomic E-state index is 12.5. The van der Waals surface area contributed by atoms with Crippen LogP contribution in [0.1, 0.15) is 46.6 Å². The van der Waals surface area contributed by atoms with Crippen LogP contribution in [0.15, 0.2) is 23.3 Å². The van der Waals surface area contributed by atoms with Crippen molar-refractivity contribution in [3.63, 3.8) is 0 Å². The molecule has 1 atom stereocenters. The van der Waals surface area contributed by atoms with Gasteiger partial charge in [-0.15, -0.1) is 11.3 Å². The first-order chi connectivity index (χ1) is 15.5. The van der Waals surface area contributed by atoms with E-state index < -0.39 is 17.8 Å². The number of hydrogen-bond donors (Lipinski definition) is 2. The zero-order valence-corrected chi connectivity index (χ0v) is 18.5. The van der Waals surface area contributed by atoms with Crippen LogP contribution in [0.25, 0.3) is 0 Å². The highest BCUT2D eigenvalue weighted by Gasteiger charge is 2.30. The molecule has 1 aliphatic carbocycles. The highest BCUT2D eigenvalue weighted by molar-refractivity contribution is 7.17. The van der Waals surface area contributed by atoms with Gasteiger partial charge in [-0.1, -0.05) is 6.92 Å². The second-order valence-electron chi connectivity index (χ2n) is 7.54. The van der Waals surface area contributed by atoms with E-state index in [4.69, 9.17) is 14.2 Å². The van der Waals surface area contributed by atoms with Gasteiger partial charge in [-0.05, 0) is 61.4 Å². The van der Waals surface area contributed by atoms with Crippen molar-refractivity contribution in [3.8, 4) is 11.5 Å². The normalized spacial score (nSPS) is 16.5. The fraction of sp³-hybridized carbons (Fsp3) is 0.364. The third-order valence-corrected chi connectivity index (χ3v) is 6.37. The highest BCUT2D eigenvalue weighted by atomic mass is 32.1. The lowest BCUT2D eigenvalue weighted by Gasteiger charge is -2.18. The minimum atomic E-state index is -0.948. The molecule has 32 heavy (non-hydrogen) atoms. The van der Waals surface area contributed by atoms with Gasteiger partial charge in [-0.3, -0.25) is 9.59 Å². The van der Waals surface area contributed by atoms with Crippen LogP contribution >= 0.6 is 11.3 Å². The molecular formula is C22H23N3O6S. The first-order valence-corrected chi connectivity index (χ1v) is 11.1. The van der Waals surface area contributed by atoms with Crippen LogP contribution in [0.4, 0.5) is 5.00 Å². The first kappa shape index (κ1) is 21.8. The zero-order chi connectivity index (χ0) is 22.7. The summed E-state index contributed by atoms with van der Waals surface area (Å²) in [5.74, 6) is -0.636. The van der Waals surface area contributed by atoms with E-state index in [1.54, 1.807) is 25.1 Å². The highest BCUT2D eigenvalue weighted by Crippen LogP contribution is 2.40. The van der Waals surface area contributed by atoms with Crippen molar-refractivity contribution >= 4 is 40.3 Å². The van der Waals surface area contributed by atoms with Crippen LogP contribution in [0, 0.1) is 5.92 Å². The number of thiophene rings is 1. The Kier molecular flexibility index (Phi) is 6.40. The SMILES string of the molecule is CCOC(=O)c1c(NC(=O)C(=O)N/N=C\c2ccc3c(c2)OCO3)sc2c1CC[C@H](C)C2. The Morgan fingerprint density at radius 3 is 2.88 bits per heavy atom. The average Bonchev–Trinajstić information content (AvgIpc) is 3.37. The van der Waals surface area contributed by atoms with Crippen LogP contribution in [0.5, 0.6) is 11.5 Å². The van der Waals surface area contributed by atoms with E-state index in [1.165, 1.54) is 17.6 Å². The predicted octanol–water partition coefficient (Wildman–Crippen LogP) is 2.87. The number of esters is 1. The van der Waals surface area contributed by atoms with Gasteiger partial charge in [-0.25, -0.2) is 10.2 Å². The molecule has 0 unspecified atom stereocenters. The second-order valence-corrected chi connectivity index (χ2v) is 8.65. The van der Waals surface area contributed by atoms with Crippen molar-refractivity contribution in [2.45, 2.75) is 33.1 Å². The number of nitrogens with one attached hydrogen (secondary N) is 2. The Morgan fingerprint density at radius 2 is 2.06 bits per heavy atom. The zero-order valence-electron chi connectivity index (χ0n) is 17.7. The Hall–Kier alpha value is -3.40. The summed E-state index contributed by atoms with van der Waals surface area (Å²) in [6, 6.07) is 5.18.